The number of benzene rings is 2. The number of halogens is 1. The van der Waals surface area contributed by atoms with Gasteiger partial charge in [0.15, 0.2) is 11.2 Å². The maximum absolute atomic E-state index is 13.6. The van der Waals surface area contributed by atoms with Crippen molar-refractivity contribution in [2.24, 2.45) is 13.0 Å². The highest BCUT2D eigenvalue weighted by Gasteiger charge is 2.28. The minimum absolute atomic E-state index is 0.162. The third-order valence-electron chi connectivity index (χ3n) is 6.26. The zero-order valence-electron chi connectivity index (χ0n) is 18.7. The van der Waals surface area contributed by atoms with Crippen LogP contribution in [0.2, 0.25) is 5.02 Å². The molecule has 33 heavy (non-hydrogen) atoms. The summed E-state index contributed by atoms with van der Waals surface area (Å²) in [6, 6.07) is 17.6. The first-order chi connectivity index (χ1) is 15.9. The van der Waals surface area contributed by atoms with E-state index >= 15 is 0 Å². The van der Waals surface area contributed by atoms with Gasteiger partial charge in [0, 0.05) is 31.7 Å². The average Bonchev–Trinajstić information content (AvgIpc) is 3.19. The van der Waals surface area contributed by atoms with Crippen LogP contribution >= 0.6 is 11.6 Å². The Morgan fingerprint density at radius 3 is 2.55 bits per heavy atom. The Morgan fingerprint density at radius 1 is 1.03 bits per heavy atom. The number of imidazole rings is 1. The van der Waals surface area contributed by atoms with E-state index in [1.54, 1.807) is 19.2 Å². The van der Waals surface area contributed by atoms with E-state index in [2.05, 4.69) is 24.0 Å². The van der Waals surface area contributed by atoms with Crippen molar-refractivity contribution >= 4 is 28.7 Å². The maximum Gasteiger partial charge on any atom is 0.332 e. The summed E-state index contributed by atoms with van der Waals surface area (Å²) < 4.78 is 4.74. The third kappa shape index (κ3) is 3.97. The van der Waals surface area contributed by atoms with E-state index in [4.69, 9.17) is 16.6 Å². The maximum atomic E-state index is 13.6. The molecule has 170 valence electrons. The summed E-state index contributed by atoms with van der Waals surface area (Å²) in [5, 5.41) is 0.572. The highest BCUT2D eigenvalue weighted by Crippen LogP contribution is 2.27. The van der Waals surface area contributed by atoms with E-state index in [0.29, 0.717) is 28.6 Å². The third-order valence-corrected chi connectivity index (χ3v) is 6.50. The van der Waals surface area contributed by atoms with Gasteiger partial charge in [0.25, 0.3) is 5.56 Å². The Labute approximate surface area is 196 Å². The number of aryl methyl sites for hydroxylation is 1. The molecule has 0 aliphatic carbocycles. The van der Waals surface area contributed by atoms with Crippen molar-refractivity contribution < 1.29 is 0 Å². The first kappa shape index (κ1) is 21.5. The minimum atomic E-state index is -0.383. The fourth-order valence-electron chi connectivity index (χ4n) is 4.66. The van der Waals surface area contributed by atoms with Crippen LogP contribution in [0.1, 0.15) is 18.1 Å². The van der Waals surface area contributed by atoms with Crippen molar-refractivity contribution in [1.82, 2.24) is 18.7 Å². The fourth-order valence-corrected chi connectivity index (χ4v) is 4.87. The zero-order valence-corrected chi connectivity index (χ0v) is 19.5. The second kappa shape index (κ2) is 8.56. The molecule has 0 fully saturated rings. The predicted octanol–water partition coefficient (Wildman–Crippen LogP) is 3.30. The molecule has 2 aromatic carbocycles. The molecule has 1 aliphatic heterocycles. The Bertz CT molecular complexity index is 1440. The first-order valence-electron chi connectivity index (χ1n) is 11.2. The van der Waals surface area contributed by atoms with Crippen LogP contribution in [0.3, 0.4) is 0 Å². The largest absolute Gasteiger partial charge is 0.342 e. The second-order valence-corrected chi connectivity index (χ2v) is 9.28. The topological polar surface area (TPSA) is 65.1 Å². The molecule has 1 atom stereocenters. The summed E-state index contributed by atoms with van der Waals surface area (Å²) in [5.41, 5.74) is 2.27. The van der Waals surface area contributed by atoms with Crippen LogP contribution in [0, 0.1) is 5.92 Å². The lowest BCUT2D eigenvalue weighted by Crippen LogP contribution is -2.41. The van der Waals surface area contributed by atoms with Gasteiger partial charge < -0.3 is 9.47 Å². The Kier molecular flexibility index (Phi) is 5.58. The number of fused-ring (bicyclic) bond motifs is 3. The summed E-state index contributed by atoms with van der Waals surface area (Å²) in [6.07, 6.45) is 0.884. The molecule has 0 bridgehead atoms. The molecule has 8 heteroatoms. The van der Waals surface area contributed by atoms with Gasteiger partial charge in [-0.25, -0.2) is 4.79 Å². The van der Waals surface area contributed by atoms with Gasteiger partial charge in [-0.15, -0.1) is 0 Å². The normalized spacial score (nSPS) is 15.7. The lowest BCUT2D eigenvalue weighted by atomic mass is 10.1. The van der Waals surface area contributed by atoms with Gasteiger partial charge in [-0.05, 0) is 35.6 Å². The molecule has 0 spiro atoms. The van der Waals surface area contributed by atoms with E-state index in [9.17, 15) is 9.59 Å². The van der Waals surface area contributed by atoms with Crippen LogP contribution in [0.25, 0.3) is 11.2 Å². The number of rotatable bonds is 5. The van der Waals surface area contributed by atoms with Gasteiger partial charge in [-0.3, -0.25) is 13.9 Å². The van der Waals surface area contributed by atoms with E-state index in [1.807, 2.05) is 34.9 Å². The van der Waals surface area contributed by atoms with E-state index in [0.717, 1.165) is 31.0 Å². The predicted molar refractivity (Wildman–Crippen MR) is 131 cm³/mol. The minimum Gasteiger partial charge on any atom is -0.342 e. The van der Waals surface area contributed by atoms with Crippen molar-refractivity contribution in [3.05, 3.63) is 91.6 Å². The van der Waals surface area contributed by atoms with Crippen LogP contribution in [-0.2, 0) is 26.6 Å². The van der Waals surface area contributed by atoms with Gasteiger partial charge in [0.2, 0.25) is 5.95 Å². The van der Waals surface area contributed by atoms with Crippen LogP contribution in [0.4, 0.5) is 5.95 Å². The van der Waals surface area contributed by atoms with Gasteiger partial charge in [0.05, 0.1) is 6.54 Å². The molecule has 0 unspecified atom stereocenters. The van der Waals surface area contributed by atoms with Crippen molar-refractivity contribution in [3.8, 4) is 0 Å². The summed E-state index contributed by atoms with van der Waals surface area (Å²) in [5.74, 6) is 1.11. The lowest BCUT2D eigenvalue weighted by Gasteiger charge is -2.33. The number of anilines is 1. The quantitative estimate of drug-likeness (QED) is 0.455. The van der Waals surface area contributed by atoms with Crippen LogP contribution in [-0.4, -0.2) is 31.8 Å². The number of hydrogen-bond donors (Lipinski definition) is 0. The Hall–Kier alpha value is -3.32. The molecule has 0 amide bonds. The smallest absolute Gasteiger partial charge is 0.332 e. The summed E-state index contributed by atoms with van der Waals surface area (Å²) in [7, 11) is 1.68. The molecule has 7 nitrogen and oxygen atoms in total. The van der Waals surface area contributed by atoms with Gasteiger partial charge >= 0.3 is 5.69 Å². The number of hydrogen-bond acceptors (Lipinski definition) is 4. The highest BCUT2D eigenvalue weighted by molar-refractivity contribution is 6.30. The zero-order chi connectivity index (χ0) is 23.1. The molecular weight excluding hydrogens is 438 g/mol. The number of nitrogens with zero attached hydrogens (tertiary/aromatic N) is 5. The van der Waals surface area contributed by atoms with E-state index in [-0.39, 0.29) is 17.8 Å². The molecule has 0 saturated heterocycles. The summed E-state index contributed by atoms with van der Waals surface area (Å²) >= 11 is 6.11. The molecule has 5 rings (SSSR count). The summed E-state index contributed by atoms with van der Waals surface area (Å²) in [4.78, 5) is 33.7. The van der Waals surface area contributed by atoms with Gasteiger partial charge in [-0.2, -0.15) is 4.98 Å². The standard InChI is InChI=1S/C25H26ClN5O2/c1-17-14-29(12-11-18-7-4-3-5-8-18)24-27-22-21(30(24)15-17)23(32)31(25(33)28(22)2)16-19-9-6-10-20(26)13-19/h3-10,13,17H,11-12,14-16H2,1-2H3/t17-/m1/s1. The molecular formula is C25H26ClN5O2. The van der Waals surface area contributed by atoms with Crippen molar-refractivity contribution in [1.29, 1.82) is 0 Å². The SMILES string of the molecule is C[C@@H]1CN(CCc2ccccc2)c2nc3c(c(=O)n(Cc4cccc(Cl)c4)c(=O)n3C)n2C1. The fraction of sp³-hybridized carbons (Fsp3) is 0.320. The molecule has 0 saturated carbocycles. The molecule has 0 radical (unpaired) electrons. The van der Waals surface area contributed by atoms with Crippen molar-refractivity contribution in [2.45, 2.75) is 26.4 Å². The van der Waals surface area contributed by atoms with Gasteiger partial charge in [0.1, 0.15) is 0 Å². The second-order valence-electron chi connectivity index (χ2n) is 8.84. The van der Waals surface area contributed by atoms with Crippen LogP contribution in [0.15, 0.2) is 64.2 Å². The molecule has 2 aromatic heterocycles. The van der Waals surface area contributed by atoms with Gasteiger partial charge in [-0.1, -0.05) is 61.0 Å². The molecule has 0 N–H and O–H groups in total. The van der Waals surface area contributed by atoms with Crippen LogP contribution < -0.4 is 16.1 Å². The molecule has 1 aliphatic rings. The van der Waals surface area contributed by atoms with Crippen molar-refractivity contribution in [3.63, 3.8) is 0 Å². The van der Waals surface area contributed by atoms with Crippen LogP contribution in [0.5, 0.6) is 0 Å². The summed E-state index contributed by atoms with van der Waals surface area (Å²) in [6.45, 7) is 4.69. The highest BCUT2D eigenvalue weighted by atomic mass is 35.5. The molecule has 4 aromatic rings. The molecule has 3 heterocycles. The Balaban J connectivity index is 1.59. The monoisotopic (exact) mass is 463 g/mol. The first-order valence-corrected chi connectivity index (χ1v) is 11.5. The van der Waals surface area contributed by atoms with E-state index in [1.165, 1.54) is 14.7 Å². The lowest BCUT2D eigenvalue weighted by molar-refractivity contribution is 0.437. The number of aromatic nitrogens is 4. The van der Waals surface area contributed by atoms with Crippen molar-refractivity contribution in [2.75, 3.05) is 18.0 Å². The Morgan fingerprint density at radius 2 is 1.79 bits per heavy atom. The average molecular weight is 464 g/mol. The van der Waals surface area contributed by atoms with E-state index < -0.39 is 0 Å².